The van der Waals surface area contributed by atoms with Gasteiger partial charge >= 0.3 is 0 Å². The van der Waals surface area contributed by atoms with E-state index in [2.05, 4.69) is 29.1 Å². The summed E-state index contributed by atoms with van der Waals surface area (Å²) in [7, 11) is 0. The lowest BCUT2D eigenvalue weighted by Gasteiger charge is -2.06. The molecule has 0 aliphatic heterocycles. The summed E-state index contributed by atoms with van der Waals surface area (Å²) in [6.45, 7) is 6.50. The first-order chi connectivity index (χ1) is 6.29. The molecule has 72 valence electrons. The van der Waals surface area contributed by atoms with Crippen LogP contribution in [-0.2, 0) is 6.42 Å². The zero-order valence-electron chi connectivity index (χ0n) is 8.33. The number of aromatic nitrogens is 2. The Kier molecular flexibility index (Phi) is 4.40. The Morgan fingerprint density at radius 3 is 2.62 bits per heavy atom. The number of hydrogen-bond acceptors (Lipinski definition) is 3. The van der Waals surface area contributed by atoms with Gasteiger partial charge in [0.15, 0.2) is 0 Å². The van der Waals surface area contributed by atoms with Crippen molar-refractivity contribution in [1.29, 1.82) is 0 Å². The van der Waals surface area contributed by atoms with Gasteiger partial charge in [0, 0.05) is 12.4 Å². The van der Waals surface area contributed by atoms with Crippen LogP contribution in [0.1, 0.15) is 19.4 Å². The molecule has 3 heteroatoms. The zero-order valence-corrected chi connectivity index (χ0v) is 8.33. The number of rotatable bonds is 5. The molecule has 0 aliphatic rings. The van der Waals surface area contributed by atoms with E-state index >= 15 is 0 Å². The Bertz CT molecular complexity index is 221. The molecular weight excluding hydrogens is 162 g/mol. The van der Waals surface area contributed by atoms with Crippen molar-refractivity contribution < 1.29 is 0 Å². The molecule has 0 saturated carbocycles. The fourth-order valence-electron chi connectivity index (χ4n) is 1.08. The minimum absolute atomic E-state index is 0.715. The van der Waals surface area contributed by atoms with Crippen LogP contribution < -0.4 is 5.32 Å². The molecule has 0 aromatic carbocycles. The lowest BCUT2D eigenvalue weighted by molar-refractivity contribution is 0.554. The highest BCUT2D eigenvalue weighted by molar-refractivity contribution is 5.02. The maximum absolute atomic E-state index is 3.96. The van der Waals surface area contributed by atoms with E-state index in [4.69, 9.17) is 0 Å². The third-order valence-electron chi connectivity index (χ3n) is 1.76. The van der Waals surface area contributed by atoms with Crippen LogP contribution in [0.2, 0.25) is 0 Å². The molecule has 0 saturated heterocycles. The van der Waals surface area contributed by atoms with Gasteiger partial charge in [-0.3, -0.25) is 0 Å². The molecule has 1 aromatic heterocycles. The summed E-state index contributed by atoms with van der Waals surface area (Å²) >= 11 is 0. The zero-order chi connectivity index (χ0) is 9.52. The second kappa shape index (κ2) is 5.65. The molecule has 1 N–H and O–H groups in total. The molecule has 0 bridgehead atoms. The summed E-state index contributed by atoms with van der Waals surface area (Å²) in [6.07, 6.45) is 6.30. The van der Waals surface area contributed by atoms with Gasteiger partial charge in [0.1, 0.15) is 6.33 Å². The highest BCUT2D eigenvalue weighted by Gasteiger charge is 1.94. The smallest absolute Gasteiger partial charge is 0.115 e. The van der Waals surface area contributed by atoms with Gasteiger partial charge < -0.3 is 5.32 Å². The van der Waals surface area contributed by atoms with Crippen LogP contribution in [0.4, 0.5) is 0 Å². The fourth-order valence-corrected chi connectivity index (χ4v) is 1.08. The quantitative estimate of drug-likeness (QED) is 0.692. The van der Waals surface area contributed by atoms with Crippen molar-refractivity contribution in [3.63, 3.8) is 0 Å². The molecule has 0 spiro atoms. The Hall–Kier alpha value is -0.960. The first-order valence-corrected chi connectivity index (χ1v) is 4.73. The van der Waals surface area contributed by atoms with E-state index in [-0.39, 0.29) is 0 Å². The second-order valence-electron chi connectivity index (χ2n) is 3.59. The normalized spacial score (nSPS) is 10.7. The molecule has 0 radical (unpaired) electrons. The predicted octanol–water partition coefficient (Wildman–Crippen LogP) is 1.26. The van der Waals surface area contributed by atoms with Gasteiger partial charge in [-0.05, 0) is 31.0 Å². The molecule has 0 aliphatic carbocycles. The van der Waals surface area contributed by atoms with Crippen LogP contribution in [0, 0.1) is 5.92 Å². The minimum atomic E-state index is 0.715. The van der Waals surface area contributed by atoms with Crippen molar-refractivity contribution in [2.24, 2.45) is 5.92 Å². The second-order valence-corrected chi connectivity index (χ2v) is 3.59. The van der Waals surface area contributed by atoms with Crippen LogP contribution >= 0.6 is 0 Å². The van der Waals surface area contributed by atoms with Crippen molar-refractivity contribution in [3.8, 4) is 0 Å². The molecular formula is C10H17N3. The third kappa shape index (κ3) is 4.58. The number of nitrogens with zero attached hydrogens (tertiary/aromatic N) is 2. The van der Waals surface area contributed by atoms with Crippen molar-refractivity contribution in [2.45, 2.75) is 20.3 Å². The molecule has 3 nitrogen and oxygen atoms in total. The summed E-state index contributed by atoms with van der Waals surface area (Å²) in [5.74, 6) is 0.715. The number of hydrogen-bond donors (Lipinski definition) is 1. The van der Waals surface area contributed by atoms with Gasteiger partial charge in [-0.2, -0.15) is 0 Å². The molecule has 13 heavy (non-hydrogen) atoms. The van der Waals surface area contributed by atoms with Crippen molar-refractivity contribution in [2.75, 3.05) is 13.1 Å². The van der Waals surface area contributed by atoms with Crippen molar-refractivity contribution >= 4 is 0 Å². The molecule has 1 heterocycles. The van der Waals surface area contributed by atoms with Crippen LogP contribution in [0.15, 0.2) is 18.7 Å². The van der Waals surface area contributed by atoms with E-state index in [0.29, 0.717) is 5.92 Å². The number of nitrogens with one attached hydrogen (secondary N) is 1. The highest BCUT2D eigenvalue weighted by atomic mass is 14.9. The SMILES string of the molecule is CC(C)CNCCc1cncnc1. The van der Waals surface area contributed by atoms with E-state index < -0.39 is 0 Å². The van der Waals surface area contributed by atoms with Gasteiger partial charge in [0.05, 0.1) is 0 Å². The lowest BCUT2D eigenvalue weighted by Crippen LogP contribution is -2.22. The topological polar surface area (TPSA) is 37.8 Å². The molecule has 0 fully saturated rings. The molecule has 0 atom stereocenters. The van der Waals surface area contributed by atoms with Crippen LogP contribution in [-0.4, -0.2) is 23.1 Å². The van der Waals surface area contributed by atoms with E-state index in [1.165, 1.54) is 5.56 Å². The Balaban J connectivity index is 2.13. The van der Waals surface area contributed by atoms with E-state index in [1.807, 2.05) is 12.4 Å². The van der Waals surface area contributed by atoms with Crippen molar-refractivity contribution in [3.05, 3.63) is 24.3 Å². The Morgan fingerprint density at radius 1 is 1.31 bits per heavy atom. The van der Waals surface area contributed by atoms with Gasteiger partial charge in [0.25, 0.3) is 0 Å². The maximum Gasteiger partial charge on any atom is 0.115 e. The fraction of sp³-hybridized carbons (Fsp3) is 0.600. The first-order valence-electron chi connectivity index (χ1n) is 4.73. The summed E-state index contributed by atoms with van der Waals surface area (Å²) in [4.78, 5) is 7.92. The molecule has 0 amide bonds. The summed E-state index contributed by atoms with van der Waals surface area (Å²) in [6, 6.07) is 0. The summed E-state index contributed by atoms with van der Waals surface area (Å²) < 4.78 is 0. The average Bonchev–Trinajstić information content (AvgIpc) is 2.14. The van der Waals surface area contributed by atoms with E-state index in [9.17, 15) is 0 Å². The largest absolute Gasteiger partial charge is 0.316 e. The lowest BCUT2D eigenvalue weighted by atomic mass is 10.2. The van der Waals surface area contributed by atoms with Gasteiger partial charge in [-0.15, -0.1) is 0 Å². The standard InChI is InChI=1S/C10H17N3/c1-9(2)5-11-4-3-10-6-12-8-13-7-10/h6-9,11H,3-5H2,1-2H3. The predicted molar refractivity (Wildman–Crippen MR) is 53.4 cm³/mol. The van der Waals surface area contributed by atoms with E-state index in [1.54, 1.807) is 6.33 Å². The molecule has 0 unspecified atom stereocenters. The Morgan fingerprint density at radius 2 is 2.00 bits per heavy atom. The average molecular weight is 179 g/mol. The highest BCUT2D eigenvalue weighted by Crippen LogP contribution is 1.93. The van der Waals surface area contributed by atoms with Gasteiger partial charge in [-0.1, -0.05) is 13.8 Å². The van der Waals surface area contributed by atoms with Gasteiger partial charge in [0.2, 0.25) is 0 Å². The van der Waals surface area contributed by atoms with Gasteiger partial charge in [-0.25, -0.2) is 9.97 Å². The molecule has 1 rings (SSSR count). The molecule has 1 aromatic rings. The summed E-state index contributed by atoms with van der Waals surface area (Å²) in [5.41, 5.74) is 1.19. The monoisotopic (exact) mass is 179 g/mol. The maximum atomic E-state index is 3.96. The first kappa shape index (κ1) is 10.1. The van der Waals surface area contributed by atoms with Crippen molar-refractivity contribution in [1.82, 2.24) is 15.3 Å². The van der Waals surface area contributed by atoms with Crippen LogP contribution in [0.5, 0.6) is 0 Å². The minimum Gasteiger partial charge on any atom is -0.316 e. The van der Waals surface area contributed by atoms with Crippen LogP contribution in [0.3, 0.4) is 0 Å². The van der Waals surface area contributed by atoms with Crippen LogP contribution in [0.25, 0.3) is 0 Å². The Labute approximate surface area is 79.6 Å². The van der Waals surface area contributed by atoms with E-state index in [0.717, 1.165) is 19.5 Å². The summed E-state index contributed by atoms with van der Waals surface area (Å²) in [5, 5.41) is 3.38. The third-order valence-corrected chi connectivity index (χ3v) is 1.76.